The molecule has 0 spiro atoms. The molecule has 108 valence electrons. The van der Waals surface area contributed by atoms with E-state index in [1.54, 1.807) is 24.0 Å². The van der Waals surface area contributed by atoms with Gasteiger partial charge in [0.25, 0.3) is 0 Å². The lowest BCUT2D eigenvalue weighted by atomic mass is 10.3. The molecule has 0 unspecified atom stereocenters. The predicted molar refractivity (Wildman–Crippen MR) is 78.1 cm³/mol. The second kappa shape index (κ2) is 5.72. The number of hydrogen-bond donors (Lipinski definition) is 1. The Hall–Kier alpha value is -1.09. The summed E-state index contributed by atoms with van der Waals surface area (Å²) in [5.74, 6) is 0.643. The van der Waals surface area contributed by atoms with Crippen molar-refractivity contribution in [3.05, 3.63) is 39.8 Å². The highest BCUT2D eigenvalue weighted by molar-refractivity contribution is 9.10. The van der Waals surface area contributed by atoms with Gasteiger partial charge < -0.3 is 9.30 Å². The van der Waals surface area contributed by atoms with Crippen molar-refractivity contribution in [3.63, 3.8) is 0 Å². The fourth-order valence-electron chi connectivity index (χ4n) is 1.56. The summed E-state index contributed by atoms with van der Waals surface area (Å²) in [6.07, 6.45) is 3.37. The molecule has 0 aliphatic heterocycles. The minimum absolute atomic E-state index is 0.0142. The van der Waals surface area contributed by atoms with Crippen LogP contribution in [0.15, 0.2) is 33.9 Å². The van der Waals surface area contributed by atoms with Crippen LogP contribution in [0.3, 0.4) is 0 Å². The second-order valence-electron chi connectivity index (χ2n) is 4.00. The van der Waals surface area contributed by atoms with Gasteiger partial charge in [-0.3, -0.25) is 0 Å². The normalized spacial score (nSPS) is 11.6. The molecular formula is C11H11BrClN3O3S. The maximum absolute atomic E-state index is 11.6. The fraction of sp³-hybridized carbons (Fsp3) is 0.182. The van der Waals surface area contributed by atoms with Crippen LogP contribution in [0.25, 0.3) is 0 Å². The summed E-state index contributed by atoms with van der Waals surface area (Å²) >= 11 is 9.18. The van der Waals surface area contributed by atoms with Gasteiger partial charge in [-0.05, 0) is 12.1 Å². The molecule has 2 N–H and O–H groups in total. The maximum Gasteiger partial charge on any atom is 0.241 e. The number of nitrogens with zero attached hydrogens (tertiary/aromatic N) is 2. The highest BCUT2D eigenvalue weighted by atomic mass is 79.9. The van der Waals surface area contributed by atoms with E-state index in [0.717, 1.165) is 0 Å². The summed E-state index contributed by atoms with van der Waals surface area (Å²) in [6.45, 7) is 0.0768. The number of sulfonamides is 1. The minimum Gasteiger partial charge on any atom is -0.483 e. The van der Waals surface area contributed by atoms with E-state index in [1.165, 1.54) is 12.1 Å². The average molecular weight is 381 g/mol. The molecule has 0 radical (unpaired) electrons. The zero-order valence-corrected chi connectivity index (χ0v) is 13.5. The molecule has 0 fully saturated rings. The van der Waals surface area contributed by atoms with Crippen molar-refractivity contribution in [2.24, 2.45) is 12.2 Å². The lowest BCUT2D eigenvalue weighted by molar-refractivity contribution is 0.284. The number of aryl methyl sites for hydroxylation is 1. The number of halogens is 2. The van der Waals surface area contributed by atoms with Gasteiger partial charge in [-0.25, -0.2) is 18.5 Å². The quantitative estimate of drug-likeness (QED) is 0.879. The van der Waals surface area contributed by atoms with Crippen LogP contribution in [0.5, 0.6) is 5.75 Å². The van der Waals surface area contributed by atoms with Gasteiger partial charge in [-0.1, -0.05) is 27.5 Å². The van der Waals surface area contributed by atoms with Crippen LogP contribution in [0.1, 0.15) is 5.82 Å². The Morgan fingerprint density at radius 3 is 2.75 bits per heavy atom. The average Bonchev–Trinajstić information content (AvgIpc) is 2.72. The van der Waals surface area contributed by atoms with Crippen molar-refractivity contribution in [2.75, 3.05) is 0 Å². The fourth-order valence-corrected chi connectivity index (χ4v) is 3.35. The first-order valence-electron chi connectivity index (χ1n) is 5.40. The third-order valence-corrected chi connectivity index (χ3v) is 4.20. The van der Waals surface area contributed by atoms with Gasteiger partial charge in [0.05, 0.1) is 5.02 Å². The van der Waals surface area contributed by atoms with Crippen molar-refractivity contribution in [3.8, 4) is 5.75 Å². The maximum atomic E-state index is 11.6. The molecule has 0 aliphatic rings. The minimum atomic E-state index is -3.95. The Labute approximate surface area is 129 Å². The first-order chi connectivity index (χ1) is 9.29. The van der Waals surface area contributed by atoms with E-state index in [-0.39, 0.29) is 22.3 Å². The molecule has 20 heavy (non-hydrogen) atoms. The molecule has 0 aliphatic carbocycles. The highest BCUT2D eigenvalue weighted by Gasteiger charge is 2.20. The van der Waals surface area contributed by atoms with Crippen molar-refractivity contribution >= 4 is 37.6 Å². The van der Waals surface area contributed by atoms with Crippen molar-refractivity contribution < 1.29 is 13.2 Å². The molecule has 1 heterocycles. The van der Waals surface area contributed by atoms with Crippen LogP contribution in [0.2, 0.25) is 5.02 Å². The molecule has 0 saturated carbocycles. The first-order valence-corrected chi connectivity index (χ1v) is 8.11. The molecule has 0 amide bonds. The molecule has 9 heteroatoms. The largest absolute Gasteiger partial charge is 0.483 e. The third-order valence-electron chi connectivity index (χ3n) is 2.55. The molecule has 2 aromatic rings. The lowest BCUT2D eigenvalue weighted by Gasteiger charge is -2.12. The number of ether oxygens (including phenoxy) is 1. The number of rotatable bonds is 4. The summed E-state index contributed by atoms with van der Waals surface area (Å²) < 4.78 is 30.9. The summed E-state index contributed by atoms with van der Waals surface area (Å²) in [4.78, 5) is 3.90. The van der Waals surface area contributed by atoms with E-state index < -0.39 is 10.0 Å². The van der Waals surface area contributed by atoms with Gasteiger partial charge >= 0.3 is 0 Å². The van der Waals surface area contributed by atoms with E-state index >= 15 is 0 Å². The monoisotopic (exact) mass is 379 g/mol. The SMILES string of the molecule is Cn1ccnc1COc1c(Cl)cc(Br)cc1S(N)(=O)=O. The van der Waals surface area contributed by atoms with E-state index in [1.807, 2.05) is 0 Å². The van der Waals surface area contributed by atoms with Gasteiger partial charge in [0.15, 0.2) is 5.75 Å². The number of nitrogens with two attached hydrogens (primary N) is 1. The smallest absolute Gasteiger partial charge is 0.241 e. The Morgan fingerprint density at radius 1 is 1.50 bits per heavy atom. The molecule has 0 bridgehead atoms. The molecular weight excluding hydrogens is 370 g/mol. The zero-order chi connectivity index (χ0) is 14.9. The molecule has 2 rings (SSSR count). The molecule has 1 aromatic carbocycles. The first kappa shape index (κ1) is 15.3. The summed E-state index contributed by atoms with van der Waals surface area (Å²) in [5, 5.41) is 5.32. The van der Waals surface area contributed by atoms with Gasteiger partial charge in [0, 0.05) is 23.9 Å². The van der Waals surface area contributed by atoms with Gasteiger partial charge in [-0.15, -0.1) is 0 Å². The van der Waals surface area contributed by atoms with Crippen LogP contribution in [0, 0.1) is 0 Å². The van der Waals surface area contributed by atoms with Crippen molar-refractivity contribution in [1.82, 2.24) is 9.55 Å². The number of hydrogen-bond acceptors (Lipinski definition) is 4. The van der Waals surface area contributed by atoms with Crippen molar-refractivity contribution in [1.29, 1.82) is 0 Å². The zero-order valence-electron chi connectivity index (χ0n) is 10.4. The van der Waals surface area contributed by atoms with Gasteiger partial charge in [0.2, 0.25) is 10.0 Å². The van der Waals surface area contributed by atoms with Crippen LogP contribution in [-0.4, -0.2) is 18.0 Å². The Kier molecular flexibility index (Phi) is 4.38. The van der Waals surface area contributed by atoms with E-state index in [2.05, 4.69) is 20.9 Å². The van der Waals surface area contributed by atoms with Crippen LogP contribution in [0.4, 0.5) is 0 Å². The van der Waals surface area contributed by atoms with Gasteiger partial charge in [-0.2, -0.15) is 0 Å². The number of imidazole rings is 1. The van der Waals surface area contributed by atoms with Crippen LogP contribution >= 0.6 is 27.5 Å². The molecule has 0 atom stereocenters. The molecule has 0 saturated heterocycles. The summed E-state index contributed by atoms with van der Waals surface area (Å²) in [5.41, 5.74) is 0. The van der Waals surface area contributed by atoms with E-state index in [9.17, 15) is 8.42 Å². The number of benzene rings is 1. The topological polar surface area (TPSA) is 87.2 Å². The van der Waals surface area contributed by atoms with E-state index in [0.29, 0.717) is 10.3 Å². The lowest BCUT2D eigenvalue weighted by Crippen LogP contribution is -2.15. The van der Waals surface area contributed by atoms with Crippen LogP contribution < -0.4 is 9.88 Å². The molecule has 1 aromatic heterocycles. The number of aromatic nitrogens is 2. The third kappa shape index (κ3) is 3.32. The summed E-state index contributed by atoms with van der Waals surface area (Å²) in [7, 11) is -2.15. The number of primary sulfonamides is 1. The standard InChI is InChI=1S/C11H11BrClN3O3S/c1-16-3-2-15-10(16)6-19-11-8(13)4-7(12)5-9(11)20(14,17)18/h2-5H,6H2,1H3,(H2,14,17,18). The summed E-state index contributed by atoms with van der Waals surface area (Å²) in [6, 6.07) is 2.87. The Morgan fingerprint density at radius 2 is 2.20 bits per heavy atom. The predicted octanol–water partition coefficient (Wildman–Crippen LogP) is 2.06. The van der Waals surface area contributed by atoms with Crippen LogP contribution in [-0.2, 0) is 23.7 Å². The second-order valence-corrected chi connectivity index (χ2v) is 6.86. The van der Waals surface area contributed by atoms with E-state index in [4.69, 9.17) is 21.5 Å². The highest BCUT2D eigenvalue weighted by Crippen LogP contribution is 2.35. The van der Waals surface area contributed by atoms with Crippen molar-refractivity contribution in [2.45, 2.75) is 11.5 Å². The molecule has 6 nitrogen and oxygen atoms in total. The Balaban J connectivity index is 2.38. The van der Waals surface area contributed by atoms with Gasteiger partial charge in [0.1, 0.15) is 17.3 Å². The Bertz CT molecular complexity index is 745.